The molecule has 0 amide bonds. The zero-order valence-electron chi connectivity index (χ0n) is 11.1. The summed E-state index contributed by atoms with van der Waals surface area (Å²) in [4.78, 5) is 11.8. The van der Waals surface area contributed by atoms with Crippen molar-refractivity contribution in [2.45, 2.75) is 26.4 Å². The van der Waals surface area contributed by atoms with Gasteiger partial charge in [-0.3, -0.25) is 4.79 Å². The molecular formula is C14H17BO3. The lowest BCUT2D eigenvalue weighted by molar-refractivity contribution is -0.151. The molecule has 1 aromatic rings. The SMILES string of the molecule is [B]c1cc(COC)cc2c1CC(C)(C(=O)OC)C2. The number of carbonyl (C=O) groups excluding carboxylic acids is 1. The van der Waals surface area contributed by atoms with Gasteiger partial charge < -0.3 is 9.47 Å². The van der Waals surface area contributed by atoms with E-state index in [2.05, 4.69) is 6.07 Å². The third-order valence-corrected chi connectivity index (χ3v) is 3.57. The van der Waals surface area contributed by atoms with Gasteiger partial charge in [0, 0.05) is 7.11 Å². The molecule has 1 aliphatic carbocycles. The number of rotatable bonds is 3. The molecule has 0 spiro atoms. The summed E-state index contributed by atoms with van der Waals surface area (Å²) in [6, 6.07) is 3.99. The number of benzene rings is 1. The highest BCUT2D eigenvalue weighted by Gasteiger charge is 2.41. The predicted molar refractivity (Wildman–Crippen MR) is 70.1 cm³/mol. The third-order valence-electron chi connectivity index (χ3n) is 3.57. The van der Waals surface area contributed by atoms with Crippen LogP contribution in [-0.4, -0.2) is 28.0 Å². The van der Waals surface area contributed by atoms with Crippen LogP contribution < -0.4 is 5.46 Å². The number of fused-ring (bicyclic) bond motifs is 1. The molecule has 4 heteroatoms. The maximum Gasteiger partial charge on any atom is 0.312 e. The average Bonchev–Trinajstić information content (AvgIpc) is 2.67. The van der Waals surface area contributed by atoms with Crippen LogP contribution in [0.2, 0.25) is 0 Å². The van der Waals surface area contributed by atoms with Crippen LogP contribution in [0, 0.1) is 5.41 Å². The Morgan fingerprint density at radius 1 is 1.39 bits per heavy atom. The van der Waals surface area contributed by atoms with Crippen LogP contribution in [0.4, 0.5) is 0 Å². The molecule has 0 saturated carbocycles. The number of carbonyl (C=O) groups is 1. The smallest absolute Gasteiger partial charge is 0.312 e. The van der Waals surface area contributed by atoms with E-state index in [9.17, 15) is 4.79 Å². The summed E-state index contributed by atoms with van der Waals surface area (Å²) < 4.78 is 10.00. The standard InChI is InChI=1S/C14H17BO3/c1-14(13(16)18-3)6-10-4-9(8-17-2)5-12(15)11(10)7-14/h4-5H,6-8H2,1-3H3. The summed E-state index contributed by atoms with van der Waals surface area (Å²) in [7, 11) is 9.14. The van der Waals surface area contributed by atoms with Crippen molar-refractivity contribution >= 4 is 19.3 Å². The molecule has 0 fully saturated rings. The summed E-state index contributed by atoms with van der Waals surface area (Å²) in [5.74, 6) is -0.175. The minimum atomic E-state index is -0.489. The Morgan fingerprint density at radius 2 is 2.11 bits per heavy atom. The maximum atomic E-state index is 11.8. The molecule has 94 valence electrons. The van der Waals surface area contributed by atoms with Gasteiger partial charge in [-0.1, -0.05) is 23.2 Å². The van der Waals surface area contributed by atoms with Crippen LogP contribution in [0.15, 0.2) is 12.1 Å². The second-order valence-electron chi connectivity index (χ2n) is 5.16. The highest BCUT2D eigenvalue weighted by molar-refractivity contribution is 6.33. The minimum absolute atomic E-state index is 0.175. The third kappa shape index (κ3) is 2.17. The molecule has 0 bridgehead atoms. The van der Waals surface area contributed by atoms with Gasteiger partial charge in [-0.25, -0.2) is 0 Å². The van der Waals surface area contributed by atoms with E-state index < -0.39 is 5.41 Å². The largest absolute Gasteiger partial charge is 0.469 e. The normalized spacial score (nSPS) is 21.7. The van der Waals surface area contributed by atoms with Crippen molar-refractivity contribution in [2.24, 2.45) is 5.41 Å². The van der Waals surface area contributed by atoms with Crippen molar-refractivity contribution in [3.8, 4) is 0 Å². The van der Waals surface area contributed by atoms with E-state index in [0.717, 1.165) is 22.2 Å². The van der Waals surface area contributed by atoms with E-state index >= 15 is 0 Å². The summed E-state index contributed by atoms with van der Waals surface area (Å²) in [5.41, 5.74) is 3.50. The number of hydrogen-bond donors (Lipinski definition) is 0. The number of esters is 1. The zero-order chi connectivity index (χ0) is 13.3. The number of hydrogen-bond acceptors (Lipinski definition) is 3. The summed E-state index contributed by atoms with van der Waals surface area (Å²) in [5, 5.41) is 0. The Hall–Kier alpha value is -1.29. The van der Waals surface area contributed by atoms with Crippen molar-refractivity contribution in [3.63, 3.8) is 0 Å². The molecule has 3 nitrogen and oxygen atoms in total. The maximum absolute atomic E-state index is 11.8. The highest BCUT2D eigenvalue weighted by Crippen LogP contribution is 2.37. The first-order valence-corrected chi connectivity index (χ1v) is 5.97. The Balaban J connectivity index is 2.34. The van der Waals surface area contributed by atoms with Crippen molar-refractivity contribution in [2.75, 3.05) is 14.2 Å². The van der Waals surface area contributed by atoms with E-state index in [1.165, 1.54) is 7.11 Å². The van der Waals surface area contributed by atoms with Gasteiger partial charge in [0.2, 0.25) is 0 Å². The lowest BCUT2D eigenvalue weighted by Gasteiger charge is -2.19. The Kier molecular flexibility index (Phi) is 3.48. The molecule has 2 rings (SSSR count). The molecule has 1 unspecified atom stereocenters. The molecule has 0 saturated heterocycles. The van der Waals surface area contributed by atoms with E-state index in [0.29, 0.717) is 19.4 Å². The van der Waals surface area contributed by atoms with E-state index in [1.54, 1.807) is 7.11 Å². The lowest BCUT2D eigenvalue weighted by atomic mass is 9.84. The minimum Gasteiger partial charge on any atom is -0.469 e. The van der Waals surface area contributed by atoms with E-state index in [-0.39, 0.29) is 5.97 Å². The molecule has 1 atom stereocenters. The van der Waals surface area contributed by atoms with Crippen molar-refractivity contribution in [1.29, 1.82) is 0 Å². The Labute approximate surface area is 109 Å². The van der Waals surface area contributed by atoms with Crippen molar-refractivity contribution in [3.05, 3.63) is 28.8 Å². The fourth-order valence-electron chi connectivity index (χ4n) is 2.71. The van der Waals surface area contributed by atoms with Crippen molar-refractivity contribution < 1.29 is 14.3 Å². The molecule has 0 aliphatic heterocycles. The van der Waals surface area contributed by atoms with Gasteiger partial charge in [-0.2, -0.15) is 0 Å². The van der Waals surface area contributed by atoms with Gasteiger partial charge in [-0.05, 0) is 30.9 Å². The van der Waals surface area contributed by atoms with Crippen molar-refractivity contribution in [1.82, 2.24) is 0 Å². The number of methoxy groups -OCH3 is 2. The second-order valence-corrected chi connectivity index (χ2v) is 5.16. The molecule has 18 heavy (non-hydrogen) atoms. The van der Waals surface area contributed by atoms with Crippen LogP contribution in [-0.2, 0) is 33.7 Å². The van der Waals surface area contributed by atoms with Gasteiger partial charge in [0.25, 0.3) is 0 Å². The first kappa shape index (κ1) is 13.2. The van der Waals surface area contributed by atoms with Crippen LogP contribution in [0.1, 0.15) is 23.6 Å². The fraction of sp³-hybridized carbons (Fsp3) is 0.500. The Morgan fingerprint density at radius 3 is 2.72 bits per heavy atom. The molecule has 2 radical (unpaired) electrons. The molecule has 0 aromatic heterocycles. The molecule has 0 N–H and O–H groups in total. The Bertz CT molecular complexity index is 484. The number of ether oxygens (including phenoxy) is 2. The van der Waals surface area contributed by atoms with Gasteiger partial charge in [-0.15, -0.1) is 0 Å². The summed E-state index contributed by atoms with van der Waals surface area (Å²) >= 11 is 0. The van der Waals surface area contributed by atoms with Gasteiger partial charge in [0.05, 0.1) is 19.1 Å². The van der Waals surface area contributed by atoms with E-state index in [1.807, 2.05) is 13.0 Å². The molecule has 1 aromatic carbocycles. The van der Waals surface area contributed by atoms with Gasteiger partial charge in [0.1, 0.15) is 7.85 Å². The first-order valence-electron chi connectivity index (χ1n) is 5.97. The summed E-state index contributed by atoms with van der Waals surface area (Å²) in [6.07, 6.45) is 1.32. The molecule has 0 heterocycles. The van der Waals surface area contributed by atoms with Crippen LogP contribution in [0.5, 0.6) is 0 Å². The molecule has 1 aliphatic rings. The average molecular weight is 244 g/mol. The van der Waals surface area contributed by atoms with Crippen LogP contribution in [0.25, 0.3) is 0 Å². The zero-order valence-corrected chi connectivity index (χ0v) is 11.1. The van der Waals surface area contributed by atoms with Gasteiger partial charge in [0.15, 0.2) is 0 Å². The predicted octanol–water partition coefficient (Wildman–Crippen LogP) is 0.905. The quantitative estimate of drug-likeness (QED) is 0.585. The second kappa shape index (κ2) is 4.77. The topological polar surface area (TPSA) is 35.5 Å². The van der Waals surface area contributed by atoms with E-state index in [4.69, 9.17) is 17.3 Å². The van der Waals surface area contributed by atoms with Crippen LogP contribution in [0.3, 0.4) is 0 Å². The molecular weight excluding hydrogens is 227 g/mol. The monoisotopic (exact) mass is 244 g/mol. The highest BCUT2D eigenvalue weighted by atomic mass is 16.5. The van der Waals surface area contributed by atoms with Crippen LogP contribution >= 0.6 is 0 Å². The summed E-state index contributed by atoms with van der Waals surface area (Å²) in [6.45, 7) is 2.46. The lowest BCUT2D eigenvalue weighted by Crippen LogP contribution is -2.30. The fourth-order valence-corrected chi connectivity index (χ4v) is 2.71. The van der Waals surface area contributed by atoms with Gasteiger partial charge >= 0.3 is 5.97 Å². The first-order chi connectivity index (χ1) is 8.50.